The van der Waals surface area contributed by atoms with Crippen LogP contribution >= 0.6 is 15.9 Å². The van der Waals surface area contributed by atoms with Crippen molar-refractivity contribution in [2.24, 2.45) is 0 Å². The van der Waals surface area contributed by atoms with Gasteiger partial charge in [-0.3, -0.25) is 0 Å². The van der Waals surface area contributed by atoms with Gasteiger partial charge >= 0.3 is 6.18 Å². The first-order chi connectivity index (χ1) is 10.9. The largest absolute Gasteiger partial charge is 0.433 e. The smallest absolute Gasteiger partial charge is 0.228 e. The quantitative estimate of drug-likeness (QED) is 0.580. The predicted octanol–water partition coefficient (Wildman–Crippen LogP) is 5.59. The van der Waals surface area contributed by atoms with E-state index in [9.17, 15) is 13.2 Å². The number of benzene rings is 2. The highest BCUT2D eigenvalue weighted by molar-refractivity contribution is 9.10. The number of halogens is 4. The molecule has 0 amide bonds. The molecular formula is C17H10BrF3N2. The number of aromatic nitrogens is 2. The molecule has 0 N–H and O–H groups in total. The van der Waals surface area contributed by atoms with Crippen molar-refractivity contribution < 1.29 is 13.2 Å². The Kier molecular flexibility index (Phi) is 4.17. The Balaban J connectivity index is 2.20. The van der Waals surface area contributed by atoms with Crippen LogP contribution in [0, 0.1) is 0 Å². The van der Waals surface area contributed by atoms with Crippen LogP contribution in [-0.2, 0) is 6.18 Å². The summed E-state index contributed by atoms with van der Waals surface area (Å²) in [5, 5.41) is 0. The van der Waals surface area contributed by atoms with Crippen LogP contribution in [0.15, 0.2) is 65.1 Å². The molecule has 23 heavy (non-hydrogen) atoms. The first-order valence-electron chi connectivity index (χ1n) is 6.71. The van der Waals surface area contributed by atoms with E-state index in [4.69, 9.17) is 0 Å². The minimum atomic E-state index is -4.53. The van der Waals surface area contributed by atoms with E-state index in [0.717, 1.165) is 10.5 Å². The van der Waals surface area contributed by atoms with Gasteiger partial charge in [-0.25, -0.2) is 9.97 Å². The molecule has 0 aliphatic heterocycles. The van der Waals surface area contributed by atoms with E-state index in [2.05, 4.69) is 25.9 Å². The third kappa shape index (κ3) is 3.59. The summed E-state index contributed by atoms with van der Waals surface area (Å²) < 4.78 is 40.2. The summed E-state index contributed by atoms with van der Waals surface area (Å²) in [6.07, 6.45) is -4.53. The van der Waals surface area contributed by atoms with Crippen molar-refractivity contribution in [3.05, 3.63) is 70.8 Å². The maximum Gasteiger partial charge on any atom is 0.433 e. The van der Waals surface area contributed by atoms with E-state index < -0.39 is 11.9 Å². The Bertz CT molecular complexity index is 833. The van der Waals surface area contributed by atoms with Gasteiger partial charge < -0.3 is 0 Å². The molecule has 2 nitrogen and oxygen atoms in total. The average molecular weight is 379 g/mol. The Morgan fingerprint density at radius 2 is 1.48 bits per heavy atom. The van der Waals surface area contributed by atoms with Gasteiger partial charge in [0.25, 0.3) is 0 Å². The summed E-state index contributed by atoms with van der Waals surface area (Å²) in [5.41, 5.74) is 0.396. The second kappa shape index (κ2) is 6.12. The van der Waals surface area contributed by atoms with Crippen LogP contribution in [0.3, 0.4) is 0 Å². The summed E-state index contributed by atoms with van der Waals surface area (Å²) >= 11 is 3.32. The molecule has 0 aliphatic carbocycles. The van der Waals surface area contributed by atoms with Crippen molar-refractivity contribution in [2.75, 3.05) is 0 Å². The molecule has 2 aromatic carbocycles. The SMILES string of the molecule is FC(F)(F)c1cc(-c2cccc(Br)c2)nc(-c2ccccc2)n1. The van der Waals surface area contributed by atoms with Gasteiger partial charge in [0.15, 0.2) is 5.82 Å². The zero-order chi connectivity index (χ0) is 16.4. The molecule has 0 radical (unpaired) electrons. The molecule has 0 unspecified atom stereocenters. The summed E-state index contributed by atoms with van der Waals surface area (Å²) in [4.78, 5) is 7.97. The second-order valence-electron chi connectivity index (χ2n) is 4.84. The highest BCUT2D eigenvalue weighted by Gasteiger charge is 2.33. The summed E-state index contributed by atoms with van der Waals surface area (Å²) in [6, 6.07) is 16.6. The monoisotopic (exact) mass is 378 g/mol. The van der Waals surface area contributed by atoms with E-state index in [-0.39, 0.29) is 11.5 Å². The van der Waals surface area contributed by atoms with Crippen molar-refractivity contribution in [3.63, 3.8) is 0 Å². The molecule has 3 rings (SSSR count). The predicted molar refractivity (Wildman–Crippen MR) is 85.6 cm³/mol. The van der Waals surface area contributed by atoms with Gasteiger partial charge in [0, 0.05) is 15.6 Å². The highest BCUT2D eigenvalue weighted by atomic mass is 79.9. The first kappa shape index (κ1) is 15.7. The van der Waals surface area contributed by atoms with Crippen LogP contribution in [0.25, 0.3) is 22.6 Å². The molecule has 0 saturated carbocycles. The third-order valence-electron chi connectivity index (χ3n) is 3.17. The van der Waals surface area contributed by atoms with Gasteiger partial charge in [0.1, 0.15) is 5.69 Å². The van der Waals surface area contributed by atoms with Crippen LogP contribution in [0.4, 0.5) is 13.2 Å². The standard InChI is InChI=1S/C17H10BrF3N2/c18-13-8-4-7-12(9-13)14-10-15(17(19,20)21)23-16(22-14)11-5-2-1-3-6-11/h1-10H. The summed E-state index contributed by atoms with van der Waals surface area (Å²) in [6.45, 7) is 0. The molecule has 0 aliphatic rings. The van der Waals surface area contributed by atoms with Crippen molar-refractivity contribution in [3.8, 4) is 22.6 Å². The maximum absolute atomic E-state index is 13.2. The maximum atomic E-state index is 13.2. The lowest BCUT2D eigenvalue weighted by Crippen LogP contribution is -2.10. The highest BCUT2D eigenvalue weighted by Crippen LogP contribution is 2.32. The first-order valence-corrected chi connectivity index (χ1v) is 7.50. The molecule has 0 spiro atoms. The molecule has 0 atom stereocenters. The number of alkyl halides is 3. The summed E-state index contributed by atoms with van der Waals surface area (Å²) in [7, 11) is 0. The van der Waals surface area contributed by atoms with E-state index >= 15 is 0 Å². The lowest BCUT2D eigenvalue weighted by Gasteiger charge is -2.11. The van der Waals surface area contributed by atoms with Crippen LogP contribution in [0.1, 0.15) is 5.69 Å². The fourth-order valence-corrected chi connectivity index (χ4v) is 2.50. The fourth-order valence-electron chi connectivity index (χ4n) is 2.10. The molecule has 0 fully saturated rings. The Labute approximate surface area is 139 Å². The van der Waals surface area contributed by atoms with Gasteiger partial charge in [-0.1, -0.05) is 58.4 Å². The normalized spacial score (nSPS) is 11.5. The van der Waals surface area contributed by atoms with E-state index in [1.807, 2.05) is 0 Å². The molecule has 0 bridgehead atoms. The topological polar surface area (TPSA) is 25.8 Å². The van der Waals surface area contributed by atoms with Crippen molar-refractivity contribution in [1.29, 1.82) is 0 Å². The van der Waals surface area contributed by atoms with Crippen LogP contribution < -0.4 is 0 Å². The average Bonchev–Trinajstić information content (AvgIpc) is 2.54. The van der Waals surface area contributed by atoms with Crippen molar-refractivity contribution in [1.82, 2.24) is 9.97 Å². The summed E-state index contributed by atoms with van der Waals surface area (Å²) in [5.74, 6) is 0.0513. The molecule has 6 heteroatoms. The molecule has 1 aromatic heterocycles. The molecule has 116 valence electrons. The van der Waals surface area contributed by atoms with E-state index in [1.165, 1.54) is 0 Å². The third-order valence-corrected chi connectivity index (χ3v) is 3.66. The fraction of sp³-hybridized carbons (Fsp3) is 0.0588. The minimum Gasteiger partial charge on any atom is -0.228 e. The Morgan fingerprint density at radius 3 is 2.13 bits per heavy atom. The Morgan fingerprint density at radius 1 is 0.783 bits per heavy atom. The Hall–Kier alpha value is -2.21. The molecule has 0 saturated heterocycles. The van der Waals surface area contributed by atoms with Gasteiger partial charge in [-0.05, 0) is 18.2 Å². The van der Waals surface area contributed by atoms with Crippen LogP contribution in [0.5, 0.6) is 0 Å². The van der Waals surface area contributed by atoms with Crippen LogP contribution in [0.2, 0.25) is 0 Å². The van der Waals surface area contributed by atoms with E-state index in [0.29, 0.717) is 11.1 Å². The minimum absolute atomic E-state index is 0.0513. The number of hydrogen-bond donors (Lipinski definition) is 0. The lowest BCUT2D eigenvalue weighted by atomic mass is 10.1. The van der Waals surface area contributed by atoms with Crippen molar-refractivity contribution >= 4 is 15.9 Å². The van der Waals surface area contributed by atoms with Gasteiger partial charge in [-0.15, -0.1) is 0 Å². The van der Waals surface area contributed by atoms with E-state index in [1.54, 1.807) is 54.6 Å². The molecular weight excluding hydrogens is 369 g/mol. The zero-order valence-electron chi connectivity index (χ0n) is 11.7. The number of rotatable bonds is 2. The van der Waals surface area contributed by atoms with Crippen molar-refractivity contribution in [2.45, 2.75) is 6.18 Å². The van der Waals surface area contributed by atoms with Gasteiger partial charge in [0.2, 0.25) is 0 Å². The lowest BCUT2D eigenvalue weighted by molar-refractivity contribution is -0.141. The van der Waals surface area contributed by atoms with Gasteiger partial charge in [-0.2, -0.15) is 13.2 Å². The van der Waals surface area contributed by atoms with Crippen LogP contribution in [-0.4, -0.2) is 9.97 Å². The molecule has 1 heterocycles. The second-order valence-corrected chi connectivity index (χ2v) is 5.75. The number of nitrogens with zero attached hydrogens (tertiary/aromatic N) is 2. The number of hydrogen-bond acceptors (Lipinski definition) is 2. The van der Waals surface area contributed by atoms with Gasteiger partial charge in [0.05, 0.1) is 5.69 Å². The zero-order valence-corrected chi connectivity index (χ0v) is 13.3. The molecule has 3 aromatic rings.